The highest BCUT2D eigenvalue weighted by Crippen LogP contribution is 2.22. The third-order valence-electron chi connectivity index (χ3n) is 2.96. The van der Waals surface area contributed by atoms with E-state index in [1.807, 2.05) is 12.1 Å². The lowest BCUT2D eigenvalue weighted by Gasteiger charge is -2.16. The Bertz CT molecular complexity index is 430. The maximum Gasteiger partial charge on any atom is 0.125 e. The summed E-state index contributed by atoms with van der Waals surface area (Å²) >= 11 is 0. The third-order valence-corrected chi connectivity index (χ3v) is 2.96. The van der Waals surface area contributed by atoms with Gasteiger partial charge in [0.2, 0.25) is 0 Å². The van der Waals surface area contributed by atoms with E-state index in [1.54, 1.807) is 6.26 Å². The van der Waals surface area contributed by atoms with E-state index in [4.69, 9.17) is 4.42 Å². The molecular weight excluding hydrogens is 210 g/mol. The molecule has 0 aliphatic heterocycles. The predicted octanol–water partition coefficient (Wildman–Crippen LogP) is 3.54. The Balaban J connectivity index is 2.26. The molecule has 0 aliphatic carbocycles. The molecule has 2 aromatic rings. The molecule has 2 heteroatoms. The zero-order chi connectivity index (χ0) is 12.1. The van der Waals surface area contributed by atoms with Crippen LogP contribution in [0.1, 0.15) is 36.8 Å². The van der Waals surface area contributed by atoms with Crippen LogP contribution in [0.25, 0.3) is 0 Å². The molecule has 0 amide bonds. The van der Waals surface area contributed by atoms with E-state index in [0.717, 1.165) is 18.7 Å². The van der Waals surface area contributed by atoms with Crippen molar-refractivity contribution in [1.29, 1.82) is 0 Å². The maximum absolute atomic E-state index is 5.50. The topological polar surface area (TPSA) is 25.2 Å². The van der Waals surface area contributed by atoms with Crippen LogP contribution in [0.15, 0.2) is 47.1 Å². The third kappa shape index (κ3) is 2.77. The van der Waals surface area contributed by atoms with Crippen LogP contribution in [0, 0.1) is 0 Å². The number of rotatable bonds is 5. The molecule has 1 aromatic heterocycles. The van der Waals surface area contributed by atoms with Gasteiger partial charge in [-0.3, -0.25) is 0 Å². The summed E-state index contributed by atoms with van der Waals surface area (Å²) in [6.07, 6.45) is 2.80. The SMILES string of the molecule is CCNC(c1ccc(CC)cc1)c1ccco1. The Morgan fingerprint density at radius 2 is 1.88 bits per heavy atom. The van der Waals surface area contributed by atoms with Gasteiger partial charge in [-0.1, -0.05) is 38.1 Å². The van der Waals surface area contributed by atoms with Crippen molar-refractivity contribution < 1.29 is 4.42 Å². The predicted molar refractivity (Wildman–Crippen MR) is 70.0 cm³/mol. The first-order chi connectivity index (χ1) is 8.35. The maximum atomic E-state index is 5.50. The zero-order valence-electron chi connectivity index (χ0n) is 10.4. The molecule has 0 spiro atoms. The first kappa shape index (κ1) is 11.9. The van der Waals surface area contributed by atoms with Gasteiger partial charge in [0.25, 0.3) is 0 Å². The molecular formula is C15H19NO. The molecule has 1 aromatic carbocycles. The smallest absolute Gasteiger partial charge is 0.125 e. The van der Waals surface area contributed by atoms with Gasteiger partial charge in [0, 0.05) is 0 Å². The van der Waals surface area contributed by atoms with Crippen LogP contribution in [0.3, 0.4) is 0 Å². The van der Waals surface area contributed by atoms with Crippen molar-refractivity contribution in [2.45, 2.75) is 26.3 Å². The average molecular weight is 229 g/mol. The fourth-order valence-corrected chi connectivity index (χ4v) is 1.99. The summed E-state index contributed by atoms with van der Waals surface area (Å²) in [5.41, 5.74) is 2.61. The molecule has 1 unspecified atom stereocenters. The van der Waals surface area contributed by atoms with Gasteiger partial charge in [0.1, 0.15) is 5.76 Å². The molecule has 90 valence electrons. The average Bonchev–Trinajstić information content (AvgIpc) is 2.90. The summed E-state index contributed by atoms with van der Waals surface area (Å²) in [5.74, 6) is 0.969. The van der Waals surface area contributed by atoms with Gasteiger partial charge in [0.05, 0.1) is 12.3 Å². The monoisotopic (exact) mass is 229 g/mol. The van der Waals surface area contributed by atoms with Crippen LogP contribution in [0.4, 0.5) is 0 Å². The zero-order valence-corrected chi connectivity index (χ0v) is 10.4. The second-order valence-corrected chi connectivity index (χ2v) is 4.10. The van der Waals surface area contributed by atoms with Crippen molar-refractivity contribution in [3.63, 3.8) is 0 Å². The van der Waals surface area contributed by atoms with E-state index in [9.17, 15) is 0 Å². The second kappa shape index (κ2) is 5.69. The van der Waals surface area contributed by atoms with Gasteiger partial charge in [-0.15, -0.1) is 0 Å². The first-order valence-corrected chi connectivity index (χ1v) is 6.20. The Morgan fingerprint density at radius 3 is 2.41 bits per heavy atom. The number of hydrogen-bond acceptors (Lipinski definition) is 2. The highest BCUT2D eigenvalue weighted by Gasteiger charge is 2.14. The van der Waals surface area contributed by atoms with E-state index in [1.165, 1.54) is 11.1 Å². The molecule has 0 radical (unpaired) electrons. The highest BCUT2D eigenvalue weighted by molar-refractivity contribution is 5.29. The number of aryl methyl sites for hydroxylation is 1. The number of hydrogen-bond donors (Lipinski definition) is 1. The number of furan rings is 1. The van der Waals surface area contributed by atoms with E-state index in [0.29, 0.717) is 0 Å². The highest BCUT2D eigenvalue weighted by atomic mass is 16.3. The van der Waals surface area contributed by atoms with Crippen molar-refractivity contribution in [3.05, 3.63) is 59.5 Å². The lowest BCUT2D eigenvalue weighted by atomic mass is 10.0. The van der Waals surface area contributed by atoms with E-state index in [-0.39, 0.29) is 6.04 Å². The van der Waals surface area contributed by atoms with Gasteiger partial charge in [-0.2, -0.15) is 0 Å². The Kier molecular flexibility index (Phi) is 3.99. The van der Waals surface area contributed by atoms with E-state index >= 15 is 0 Å². The van der Waals surface area contributed by atoms with E-state index in [2.05, 4.69) is 43.4 Å². The minimum Gasteiger partial charge on any atom is -0.467 e. The number of nitrogens with one attached hydrogen (secondary N) is 1. The quantitative estimate of drug-likeness (QED) is 0.848. The van der Waals surface area contributed by atoms with Gasteiger partial charge < -0.3 is 9.73 Å². The Morgan fingerprint density at radius 1 is 1.12 bits per heavy atom. The van der Waals surface area contributed by atoms with Crippen molar-refractivity contribution in [3.8, 4) is 0 Å². The van der Waals surface area contributed by atoms with Gasteiger partial charge in [0.15, 0.2) is 0 Å². The van der Waals surface area contributed by atoms with Crippen LogP contribution >= 0.6 is 0 Å². The minimum absolute atomic E-state index is 0.154. The van der Waals surface area contributed by atoms with Crippen molar-refractivity contribution in [2.24, 2.45) is 0 Å². The second-order valence-electron chi connectivity index (χ2n) is 4.10. The summed E-state index contributed by atoms with van der Waals surface area (Å²) in [5, 5.41) is 3.45. The molecule has 2 rings (SSSR count). The molecule has 0 saturated carbocycles. The molecule has 0 aliphatic rings. The van der Waals surface area contributed by atoms with Crippen molar-refractivity contribution >= 4 is 0 Å². The molecule has 1 N–H and O–H groups in total. The first-order valence-electron chi connectivity index (χ1n) is 6.20. The molecule has 0 fully saturated rings. The summed E-state index contributed by atoms with van der Waals surface area (Å²) in [6.45, 7) is 5.19. The lowest BCUT2D eigenvalue weighted by molar-refractivity contribution is 0.452. The summed E-state index contributed by atoms with van der Waals surface area (Å²) < 4.78 is 5.50. The molecule has 2 nitrogen and oxygen atoms in total. The normalized spacial score (nSPS) is 12.6. The van der Waals surface area contributed by atoms with Gasteiger partial charge in [-0.05, 0) is 36.2 Å². The van der Waals surface area contributed by atoms with Crippen LogP contribution < -0.4 is 5.32 Å². The fraction of sp³-hybridized carbons (Fsp3) is 0.333. The van der Waals surface area contributed by atoms with Crippen LogP contribution in [0.5, 0.6) is 0 Å². The lowest BCUT2D eigenvalue weighted by Crippen LogP contribution is -2.21. The van der Waals surface area contributed by atoms with Gasteiger partial charge in [-0.25, -0.2) is 0 Å². The Labute approximate surface area is 103 Å². The molecule has 17 heavy (non-hydrogen) atoms. The van der Waals surface area contributed by atoms with Crippen LogP contribution in [0.2, 0.25) is 0 Å². The van der Waals surface area contributed by atoms with Gasteiger partial charge >= 0.3 is 0 Å². The minimum atomic E-state index is 0.154. The van der Waals surface area contributed by atoms with E-state index < -0.39 is 0 Å². The van der Waals surface area contributed by atoms with Crippen LogP contribution in [-0.2, 0) is 6.42 Å². The summed E-state index contributed by atoms with van der Waals surface area (Å²) in [4.78, 5) is 0. The van der Waals surface area contributed by atoms with Crippen molar-refractivity contribution in [2.75, 3.05) is 6.54 Å². The largest absolute Gasteiger partial charge is 0.467 e. The fourth-order valence-electron chi connectivity index (χ4n) is 1.99. The van der Waals surface area contributed by atoms with Crippen molar-refractivity contribution in [1.82, 2.24) is 5.32 Å². The summed E-state index contributed by atoms with van der Waals surface area (Å²) in [6, 6.07) is 12.8. The van der Waals surface area contributed by atoms with Crippen LogP contribution in [-0.4, -0.2) is 6.54 Å². The number of benzene rings is 1. The molecule has 1 heterocycles. The molecule has 1 atom stereocenters. The standard InChI is InChI=1S/C15H19NO/c1-3-12-7-9-13(10-8-12)15(16-4-2)14-6-5-11-17-14/h5-11,15-16H,3-4H2,1-2H3. The Hall–Kier alpha value is -1.54. The summed E-state index contributed by atoms with van der Waals surface area (Å²) in [7, 11) is 0. The molecule has 0 saturated heterocycles. The molecule has 0 bridgehead atoms.